The zero-order valence-corrected chi connectivity index (χ0v) is 11.7. The van der Waals surface area contributed by atoms with Gasteiger partial charge in [-0.25, -0.2) is 4.39 Å². The second kappa shape index (κ2) is 7.01. The van der Waals surface area contributed by atoms with Crippen molar-refractivity contribution in [2.75, 3.05) is 19.6 Å². The van der Waals surface area contributed by atoms with Crippen molar-refractivity contribution in [3.05, 3.63) is 35.6 Å². The molecule has 2 rings (SSSR count). The topological polar surface area (TPSA) is 23.5 Å². The molecule has 0 bridgehead atoms. The molecule has 0 heterocycles. The predicted molar refractivity (Wildman–Crippen MR) is 75.4 cm³/mol. The average Bonchev–Trinajstić information content (AvgIpc) is 3.21. The number of rotatable bonds is 8. The Morgan fingerprint density at radius 3 is 2.53 bits per heavy atom. The van der Waals surface area contributed by atoms with Gasteiger partial charge in [0.2, 0.25) is 0 Å². The van der Waals surface area contributed by atoms with Gasteiger partial charge in [-0.3, -0.25) is 0 Å². The summed E-state index contributed by atoms with van der Waals surface area (Å²) >= 11 is 0. The van der Waals surface area contributed by atoms with E-state index in [1.807, 2.05) is 0 Å². The third-order valence-electron chi connectivity index (χ3n) is 3.73. The quantitative estimate of drug-likeness (QED) is 0.779. The molecule has 0 amide bonds. The van der Waals surface area contributed by atoms with Gasteiger partial charge in [0.05, 0.1) is 6.10 Å². The van der Waals surface area contributed by atoms with Crippen LogP contribution in [-0.2, 0) is 0 Å². The fourth-order valence-electron chi connectivity index (χ4n) is 2.43. The first-order valence-corrected chi connectivity index (χ1v) is 7.35. The lowest BCUT2D eigenvalue weighted by Gasteiger charge is -2.23. The highest BCUT2D eigenvalue weighted by Gasteiger charge is 2.24. The maximum atomic E-state index is 12.8. The third-order valence-corrected chi connectivity index (χ3v) is 3.73. The molecule has 0 radical (unpaired) electrons. The molecule has 106 valence electrons. The first kappa shape index (κ1) is 14.5. The van der Waals surface area contributed by atoms with Gasteiger partial charge in [-0.1, -0.05) is 19.1 Å². The summed E-state index contributed by atoms with van der Waals surface area (Å²) < 4.78 is 12.8. The number of aliphatic hydroxyl groups excluding tert-OH is 1. The number of hydrogen-bond donors (Lipinski definition) is 1. The lowest BCUT2D eigenvalue weighted by Crippen LogP contribution is -2.29. The van der Waals surface area contributed by atoms with Gasteiger partial charge in [0, 0.05) is 13.1 Å². The summed E-state index contributed by atoms with van der Waals surface area (Å²) in [5.41, 5.74) is 0.810. The molecule has 1 aromatic rings. The van der Waals surface area contributed by atoms with E-state index < -0.39 is 6.10 Å². The average molecular weight is 265 g/mol. The zero-order valence-electron chi connectivity index (χ0n) is 11.7. The van der Waals surface area contributed by atoms with Crippen molar-refractivity contribution >= 4 is 0 Å². The van der Waals surface area contributed by atoms with Crippen molar-refractivity contribution in [1.82, 2.24) is 4.90 Å². The van der Waals surface area contributed by atoms with E-state index in [4.69, 9.17) is 0 Å². The molecule has 2 nitrogen and oxygen atoms in total. The SMILES string of the molecule is CCCN(CCC(O)c1ccc(F)cc1)CC1CC1. The molecule has 0 saturated heterocycles. The highest BCUT2D eigenvalue weighted by molar-refractivity contribution is 5.18. The lowest BCUT2D eigenvalue weighted by atomic mass is 10.1. The summed E-state index contributed by atoms with van der Waals surface area (Å²) in [4.78, 5) is 2.45. The van der Waals surface area contributed by atoms with Crippen LogP contribution in [-0.4, -0.2) is 29.6 Å². The summed E-state index contributed by atoms with van der Waals surface area (Å²) in [6.45, 7) is 5.38. The maximum Gasteiger partial charge on any atom is 0.123 e. The van der Waals surface area contributed by atoms with Crippen LogP contribution in [0.2, 0.25) is 0 Å². The van der Waals surface area contributed by atoms with Crippen molar-refractivity contribution < 1.29 is 9.50 Å². The fourth-order valence-corrected chi connectivity index (χ4v) is 2.43. The monoisotopic (exact) mass is 265 g/mol. The van der Waals surface area contributed by atoms with Crippen LogP contribution in [0.5, 0.6) is 0 Å². The molecule has 1 atom stereocenters. The van der Waals surface area contributed by atoms with Crippen molar-refractivity contribution in [3.8, 4) is 0 Å². The second-order valence-corrected chi connectivity index (χ2v) is 5.60. The lowest BCUT2D eigenvalue weighted by molar-refractivity contribution is 0.140. The van der Waals surface area contributed by atoms with Crippen molar-refractivity contribution in [3.63, 3.8) is 0 Å². The fraction of sp³-hybridized carbons (Fsp3) is 0.625. The first-order valence-electron chi connectivity index (χ1n) is 7.35. The molecule has 1 saturated carbocycles. The number of benzene rings is 1. The Hall–Kier alpha value is -0.930. The van der Waals surface area contributed by atoms with Crippen molar-refractivity contribution in [2.24, 2.45) is 5.92 Å². The van der Waals surface area contributed by atoms with E-state index in [9.17, 15) is 9.50 Å². The van der Waals surface area contributed by atoms with Crippen LogP contribution < -0.4 is 0 Å². The molecule has 0 aliphatic heterocycles. The Bertz CT molecular complexity index is 375. The van der Waals surface area contributed by atoms with Crippen LogP contribution >= 0.6 is 0 Å². The molecular formula is C16H24FNO. The second-order valence-electron chi connectivity index (χ2n) is 5.60. The van der Waals surface area contributed by atoms with Gasteiger partial charge < -0.3 is 10.0 Å². The molecule has 0 aromatic heterocycles. The van der Waals surface area contributed by atoms with E-state index in [0.29, 0.717) is 0 Å². The number of aliphatic hydroxyl groups is 1. The van der Waals surface area contributed by atoms with E-state index in [-0.39, 0.29) is 5.82 Å². The highest BCUT2D eigenvalue weighted by Crippen LogP contribution is 2.30. The minimum Gasteiger partial charge on any atom is -0.388 e. The largest absolute Gasteiger partial charge is 0.388 e. The molecule has 1 unspecified atom stereocenters. The van der Waals surface area contributed by atoms with Gasteiger partial charge in [0.15, 0.2) is 0 Å². The van der Waals surface area contributed by atoms with Gasteiger partial charge >= 0.3 is 0 Å². The van der Waals surface area contributed by atoms with Gasteiger partial charge in [0.25, 0.3) is 0 Å². The molecule has 1 aliphatic carbocycles. The van der Waals surface area contributed by atoms with Crippen LogP contribution in [0, 0.1) is 11.7 Å². The number of nitrogens with zero attached hydrogens (tertiary/aromatic N) is 1. The molecule has 1 fully saturated rings. The number of halogens is 1. The van der Waals surface area contributed by atoms with Crippen LogP contribution in [0.3, 0.4) is 0 Å². The van der Waals surface area contributed by atoms with Crippen LogP contribution in [0.15, 0.2) is 24.3 Å². The minimum absolute atomic E-state index is 0.253. The first-order chi connectivity index (χ1) is 9.19. The summed E-state index contributed by atoms with van der Waals surface area (Å²) in [7, 11) is 0. The molecule has 0 spiro atoms. The zero-order chi connectivity index (χ0) is 13.7. The van der Waals surface area contributed by atoms with E-state index in [1.54, 1.807) is 12.1 Å². The minimum atomic E-state index is -0.487. The molecule has 1 aromatic carbocycles. The maximum absolute atomic E-state index is 12.8. The van der Waals surface area contributed by atoms with Gasteiger partial charge in [-0.15, -0.1) is 0 Å². The van der Waals surface area contributed by atoms with Crippen LogP contribution in [0.1, 0.15) is 44.3 Å². The Kier molecular flexibility index (Phi) is 5.34. The predicted octanol–water partition coefficient (Wildman–Crippen LogP) is 3.37. The van der Waals surface area contributed by atoms with Crippen LogP contribution in [0.25, 0.3) is 0 Å². The van der Waals surface area contributed by atoms with Gasteiger partial charge in [0.1, 0.15) is 5.82 Å². The Morgan fingerprint density at radius 2 is 1.95 bits per heavy atom. The molecule has 19 heavy (non-hydrogen) atoms. The Labute approximate surface area is 115 Å². The van der Waals surface area contributed by atoms with Gasteiger partial charge in [-0.05, 0) is 55.8 Å². The third kappa shape index (κ3) is 4.92. The smallest absolute Gasteiger partial charge is 0.123 e. The normalized spacial score (nSPS) is 16.8. The molecule has 3 heteroatoms. The van der Waals surface area contributed by atoms with E-state index >= 15 is 0 Å². The van der Waals surface area contributed by atoms with Gasteiger partial charge in [-0.2, -0.15) is 0 Å². The van der Waals surface area contributed by atoms with Crippen molar-refractivity contribution in [1.29, 1.82) is 0 Å². The van der Waals surface area contributed by atoms with E-state index in [0.717, 1.165) is 37.4 Å². The van der Waals surface area contributed by atoms with Crippen molar-refractivity contribution in [2.45, 2.75) is 38.7 Å². The van der Waals surface area contributed by atoms with Crippen LogP contribution in [0.4, 0.5) is 4.39 Å². The summed E-state index contributed by atoms with van der Waals surface area (Å²) in [5.74, 6) is 0.631. The number of hydrogen-bond acceptors (Lipinski definition) is 2. The molecule has 1 N–H and O–H groups in total. The van der Waals surface area contributed by atoms with E-state index in [2.05, 4.69) is 11.8 Å². The molecular weight excluding hydrogens is 241 g/mol. The van der Waals surface area contributed by atoms with E-state index in [1.165, 1.54) is 31.5 Å². The summed E-state index contributed by atoms with van der Waals surface area (Å²) in [6.07, 6.45) is 4.11. The Morgan fingerprint density at radius 1 is 1.26 bits per heavy atom. The summed E-state index contributed by atoms with van der Waals surface area (Å²) in [6, 6.07) is 6.16. The summed E-state index contributed by atoms with van der Waals surface area (Å²) in [5, 5.41) is 10.1. The highest BCUT2D eigenvalue weighted by atomic mass is 19.1. The standard InChI is InChI=1S/C16H24FNO/c1-2-10-18(12-13-3-4-13)11-9-16(19)14-5-7-15(17)8-6-14/h5-8,13,16,19H,2-4,9-12H2,1H3. The Balaban J connectivity index is 1.79. The molecule has 1 aliphatic rings.